The summed E-state index contributed by atoms with van der Waals surface area (Å²) in [6.45, 7) is 5.89. The Kier molecular flexibility index (Phi) is 5.22. The fourth-order valence-corrected chi connectivity index (χ4v) is 2.43. The molecule has 19 heavy (non-hydrogen) atoms. The van der Waals surface area contributed by atoms with E-state index in [0.29, 0.717) is 0 Å². The zero-order chi connectivity index (χ0) is 13.5. The van der Waals surface area contributed by atoms with Crippen molar-refractivity contribution in [1.29, 1.82) is 0 Å². The van der Waals surface area contributed by atoms with Gasteiger partial charge in [-0.25, -0.2) is 10.4 Å². The largest absolute Gasteiger partial charge is 0.491 e. The molecule has 1 aromatic rings. The molecule has 1 aliphatic heterocycles. The summed E-state index contributed by atoms with van der Waals surface area (Å²) in [5.74, 6) is 0.733. The van der Waals surface area contributed by atoms with Crippen LogP contribution in [0.5, 0.6) is 0 Å². The molecule has 1 heterocycles. The zero-order valence-corrected chi connectivity index (χ0v) is 11.6. The third-order valence-corrected chi connectivity index (χ3v) is 3.46. The molecule has 0 aromatic heterocycles. The van der Waals surface area contributed by atoms with E-state index in [0.717, 1.165) is 18.8 Å². The van der Waals surface area contributed by atoms with Crippen molar-refractivity contribution in [3.05, 3.63) is 54.0 Å². The predicted octanol–water partition coefficient (Wildman–Crippen LogP) is 3.03. The lowest BCUT2D eigenvalue weighted by Crippen LogP contribution is -2.44. The van der Waals surface area contributed by atoms with Crippen LogP contribution in [0.25, 0.3) is 0 Å². The van der Waals surface area contributed by atoms with Crippen molar-refractivity contribution in [3.63, 3.8) is 0 Å². The Morgan fingerprint density at radius 2 is 1.95 bits per heavy atom. The molecule has 3 heteroatoms. The van der Waals surface area contributed by atoms with Crippen LogP contribution in [-0.2, 0) is 4.74 Å². The third kappa shape index (κ3) is 3.71. The fourth-order valence-electron chi connectivity index (χ4n) is 2.43. The maximum atomic E-state index is 5.41. The predicted molar refractivity (Wildman–Crippen MR) is 77.4 cm³/mol. The smallest absolute Gasteiger partial charge is 0.160 e. The van der Waals surface area contributed by atoms with Gasteiger partial charge in [0.05, 0.1) is 7.11 Å². The van der Waals surface area contributed by atoms with Gasteiger partial charge in [0.15, 0.2) is 5.76 Å². The van der Waals surface area contributed by atoms with Crippen molar-refractivity contribution in [3.8, 4) is 0 Å². The highest BCUT2D eigenvalue weighted by Crippen LogP contribution is 2.22. The minimum atomic E-state index is -0.0122. The van der Waals surface area contributed by atoms with Gasteiger partial charge in [0.1, 0.15) is 6.04 Å². The summed E-state index contributed by atoms with van der Waals surface area (Å²) in [4.78, 5) is 0. The molecule has 1 fully saturated rings. The Labute approximate surface area is 115 Å². The monoisotopic (exact) mass is 258 g/mol. The summed E-state index contributed by atoms with van der Waals surface area (Å²) in [6.07, 6.45) is 3.81. The van der Waals surface area contributed by atoms with Gasteiger partial charge in [-0.3, -0.25) is 0 Å². The number of piperidine rings is 1. The maximum Gasteiger partial charge on any atom is 0.160 e. The van der Waals surface area contributed by atoms with Crippen LogP contribution in [0, 0.1) is 0 Å². The molecular formula is C16H22N2O. The van der Waals surface area contributed by atoms with Gasteiger partial charge in [0, 0.05) is 13.1 Å². The van der Waals surface area contributed by atoms with Crippen molar-refractivity contribution < 1.29 is 4.74 Å². The second-order valence-electron chi connectivity index (χ2n) is 4.77. The van der Waals surface area contributed by atoms with Gasteiger partial charge in [-0.2, -0.15) is 0 Å². The standard InChI is InChI=1S/C16H22N2O/c1-3-15(19-2)16(14-10-6-4-7-11-14)17-18-12-8-5-9-13-18/h4,6-7,10-11,16-17H,1,5,8-9,12-13H2,2H3. The molecule has 1 unspecified atom stereocenters. The van der Waals surface area contributed by atoms with Crippen LogP contribution in [0.15, 0.2) is 48.4 Å². The lowest BCUT2D eigenvalue weighted by atomic mass is 10.1. The number of benzene rings is 1. The molecule has 0 bridgehead atoms. The molecule has 0 saturated carbocycles. The molecule has 2 rings (SSSR count). The summed E-state index contributed by atoms with van der Waals surface area (Å²) < 4.78 is 5.41. The van der Waals surface area contributed by atoms with Crippen LogP contribution in [0.3, 0.4) is 0 Å². The van der Waals surface area contributed by atoms with E-state index < -0.39 is 0 Å². The lowest BCUT2D eigenvalue weighted by Gasteiger charge is -2.32. The summed E-state index contributed by atoms with van der Waals surface area (Å²) in [6, 6.07) is 10.3. The molecule has 0 radical (unpaired) electrons. The first-order chi connectivity index (χ1) is 9.35. The number of hydrogen-bond donors (Lipinski definition) is 1. The normalized spacial score (nSPS) is 17.5. The molecule has 1 N–H and O–H groups in total. The summed E-state index contributed by atoms with van der Waals surface area (Å²) >= 11 is 0. The second kappa shape index (κ2) is 7.15. The Morgan fingerprint density at radius 3 is 2.53 bits per heavy atom. The van der Waals surface area contributed by atoms with E-state index in [1.807, 2.05) is 18.2 Å². The number of rotatable bonds is 5. The van der Waals surface area contributed by atoms with Crippen LogP contribution in [0.2, 0.25) is 0 Å². The van der Waals surface area contributed by atoms with E-state index in [4.69, 9.17) is 4.74 Å². The van der Waals surface area contributed by atoms with Crippen LogP contribution in [0.1, 0.15) is 30.9 Å². The highest BCUT2D eigenvalue weighted by atomic mass is 16.5. The van der Waals surface area contributed by atoms with E-state index in [2.05, 4.69) is 34.9 Å². The zero-order valence-electron chi connectivity index (χ0n) is 11.6. The maximum absolute atomic E-state index is 5.41. The minimum Gasteiger partial charge on any atom is -0.491 e. The molecule has 1 aliphatic rings. The van der Waals surface area contributed by atoms with Crippen molar-refractivity contribution in [1.82, 2.24) is 10.4 Å². The topological polar surface area (TPSA) is 24.5 Å². The molecule has 1 atom stereocenters. The van der Waals surface area contributed by atoms with E-state index in [-0.39, 0.29) is 6.04 Å². The van der Waals surface area contributed by atoms with E-state index in [9.17, 15) is 0 Å². The lowest BCUT2D eigenvalue weighted by molar-refractivity contribution is 0.115. The molecule has 3 nitrogen and oxygen atoms in total. The van der Waals surface area contributed by atoms with Crippen molar-refractivity contribution >= 4 is 0 Å². The van der Waals surface area contributed by atoms with E-state index in [1.165, 1.54) is 24.8 Å². The molecule has 102 valence electrons. The van der Waals surface area contributed by atoms with Gasteiger partial charge >= 0.3 is 0 Å². The van der Waals surface area contributed by atoms with Crippen LogP contribution < -0.4 is 5.43 Å². The van der Waals surface area contributed by atoms with Crippen molar-refractivity contribution in [2.75, 3.05) is 20.2 Å². The molecule has 1 aromatic carbocycles. The Hall–Kier alpha value is -1.54. The second-order valence-corrected chi connectivity index (χ2v) is 4.77. The summed E-state index contributed by atoms with van der Waals surface area (Å²) in [7, 11) is 1.67. The van der Waals surface area contributed by atoms with Crippen molar-refractivity contribution in [2.45, 2.75) is 25.3 Å². The molecule has 1 saturated heterocycles. The van der Waals surface area contributed by atoms with Gasteiger partial charge in [-0.1, -0.05) is 49.1 Å². The molecule has 0 amide bonds. The first-order valence-electron chi connectivity index (χ1n) is 6.85. The average Bonchev–Trinajstić information content (AvgIpc) is 2.49. The van der Waals surface area contributed by atoms with Gasteiger partial charge in [-0.05, 0) is 18.4 Å². The van der Waals surface area contributed by atoms with Crippen LogP contribution in [-0.4, -0.2) is 25.2 Å². The minimum absolute atomic E-state index is 0.0122. The van der Waals surface area contributed by atoms with Gasteiger partial charge in [0.2, 0.25) is 0 Å². The molecule has 0 spiro atoms. The van der Waals surface area contributed by atoms with Gasteiger partial charge in [-0.15, -0.1) is 0 Å². The number of hydrogen-bond acceptors (Lipinski definition) is 3. The SMILES string of the molecule is C=C=C(OC)C(NN1CCCCC1)c1ccccc1. The average molecular weight is 258 g/mol. The quantitative estimate of drug-likeness (QED) is 0.649. The number of methoxy groups -OCH3 is 1. The van der Waals surface area contributed by atoms with Gasteiger partial charge < -0.3 is 4.74 Å². The number of ether oxygens (including phenoxy) is 1. The first kappa shape index (κ1) is 13.9. The van der Waals surface area contributed by atoms with Crippen LogP contribution in [0.4, 0.5) is 0 Å². The summed E-state index contributed by atoms with van der Waals surface area (Å²) in [5, 5.41) is 2.28. The van der Waals surface area contributed by atoms with E-state index in [1.54, 1.807) is 7.11 Å². The molecular weight excluding hydrogens is 236 g/mol. The molecule has 0 aliphatic carbocycles. The van der Waals surface area contributed by atoms with Crippen molar-refractivity contribution in [2.24, 2.45) is 0 Å². The summed E-state index contributed by atoms with van der Waals surface area (Å²) in [5.41, 5.74) is 7.61. The number of nitrogens with one attached hydrogen (secondary N) is 1. The Morgan fingerprint density at radius 1 is 1.26 bits per heavy atom. The Bertz CT molecular complexity index is 431. The highest BCUT2D eigenvalue weighted by molar-refractivity contribution is 5.25. The Balaban J connectivity index is 2.16. The van der Waals surface area contributed by atoms with Gasteiger partial charge in [0.25, 0.3) is 0 Å². The highest BCUT2D eigenvalue weighted by Gasteiger charge is 2.21. The van der Waals surface area contributed by atoms with E-state index >= 15 is 0 Å². The van der Waals surface area contributed by atoms with Crippen LogP contribution >= 0.6 is 0 Å². The number of nitrogens with zero attached hydrogens (tertiary/aromatic N) is 1. The third-order valence-electron chi connectivity index (χ3n) is 3.46. The fraction of sp³-hybridized carbons (Fsp3) is 0.438. The number of hydrazine groups is 1. The first-order valence-corrected chi connectivity index (χ1v) is 6.85.